The Morgan fingerprint density at radius 3 is 1.64 bits per heavy atom. The van der Waals surface area contributed by atoms with Gasteiger partial charge in [-0.1, -0.05) is 127 Å². The second-order valence-corrected chi connectivity index (χ2v) is 21.2. The number of hydrogen-bond donors (Lipinski definition) is 3. The molecule has 2 aliphatic rings. The van der Waals surface area contributed by atoms with Crippen LogP contribution in [0.25, 0.3) is 0 Å². The lowest BCUT2D eigenvalue weighted by Crippen LogP contribution is -2.71. The van der Waals surface area contributed by atoms with Crippen LogP contribution < -0.4 is 26.5 Å². The zero-order chi connectivity index (χ0) is 44.8. The van der Waals surface area contributed by atoms with Gasteiger partial charge in [0.1, 0.15) is 57.7 Å². The van der Waals surface area contributed by atoms with Crippen molar-refractivity contribution in [3.05, 3.63) is 204 Å². The Hall–Kier alpha value is -6.68. The third-order valence-corrected chi connectivity index (χ3v) is 16.9. The fourth-order valence-electron chi connectivity index (χ4n) is 8.22. The lowest BCUT2D eigenvalue weighted by molar-refractivity contribution is -0.154. The zero-order valence-electron chi connectivity index (χ0n) is 35.7. The van der Waals surface area contributed by atoms with Crippen LogP contribution in [-0.2, 0) is 23.9 Å². The van der Waals surface area contributed by atoms with E-state index in [1.807, 2.05) is 115 Å². The van der Waals surface area contributed by atoms with Crippen molar-refractivity contribution < 1.29 is 33.8 Å². The molecule has 2 heterocycles. The van der Waals surface area contributed by atoms with Crippen molar-refractivity contribution in [3.63, 3.8) is 0 Å². The van der Waals surface area contributed by atoms with Crippen LogP contribution in [0.4, 0.5) is 4.79 Å². The van der Waals surface area contributed by atoms with Crippen LogP contribution >= 0.6 is 19.0 Å². The lowest BCUT2D eigenvalue weighted by Gasteiger charge is -2.50. The Balaban J connectivity index is 1.21. The summed E-state index contributed by atoms with van der Waals surface area (Å²) in [5.41, 5.74) is 1.96. The molecule has 0 radical (unpaired) electrons. The summed E-state index contributed by atoms with van der Waals surface area (Å²) in [5, 5.41) is 18.2. The number of amides is 3. The number of benzene rings is 6. The Morgan fingerprint density at radius 2 is 1.17 bits per heavy atom. The predicted molar refractivity (Wildman–Crippen MR) is 253 cm³/mol. The van der Waals surface area contributed by atoms with E-state index in [9.17, 15) is 19.5 Å². The van der Waals surface area contributed by atoms with Gasteiger partial charge in [0.15, 0.2) is 6.10 Å². The average molecular weight is 891 g/mol. The van der Waals surface area contributed by atoms with E-state index >= 15 is 4.79 Å². The van der Waals surface area contributed by atoms with E-state index in [4.69, 9.17) is 9.47 Å². The van der Waals surface area contributed by atoms with Gasteiger partial charge in [-0.05, 0) is 86.0 Å². The molecule has 2 unspecified atom stereocenters. The van der Waals surface area contributed by atoms with Crippen molar-refractivity contribution in [2.24, 2.45) is 0 Å². The largest absolute Gasteiger partial charge is 0.508 e. The number of rotatable bonds is 13. The normalized spacial score (nSPS) is 16.6. The number of nitrogens with one attached hydrogen (secondary N) is 2. The van der Waals surface area contributed by atoms with Gasteiger partial charge in [-0.25, -0.2) is 9.59 Å². The van der Waals surface area contributed by atoms with E-state index in [1.165, 1.54) is 40.9 Å². The van der Waals surface area contributed by atoms with Crippen molar-refractivity contribution in [1.29, 1.82) is 0 Å². The van der Waals surface area contributed by atoms with Crippen LogP contribution in [0.15, 0.2) is 187 Å². The number of phenolic OH excluding ortho intramolecular Hbond substituents is 1. The molecular weight excluding hydrogens is 842 g/mol. The summed E-state index contributed by atoms with van der Waals surface area (Å²) in [6.07, 6.45) is -1.19. The summed E-state index contributed by atoms with van der Waals surface area (Å²) in [7, 11) is -2.56. The molecular formula is C52H49N3O7PS+. The lowest BCUT2D eigenvalue weighted by atomic mass is 10.00. The van der Waals surface area contributed by atoms with Gasteiger partial charge in [-0.2, -0.15) is 0 Å². The summed E-state index contributed by atoms with van der Waals surface area (Å²) in [6.45, 7) is 5.13. The molecule has 0 bridgehead atoms. The molecule has 12 heteroatoms. The van der Waals surface area contributed by atoms with E-state index < -0.39 is 60.3 Å². The van der Waals surface area contributed by atoms with Crippen molar-refractivity contribution >= 4 is 58.8 Å². The molecule has 324 valence electrons. The number of phenols is 1. The maximum absolute atomic E-state index is 15.2. The first-order valence-electron chi connectivity index (χ1n) is 21.0. The standard InChI is InChI=1S/C52H48N3O7PS/c1-52(2,3)62-51(60)54-43(35-29-31-39(56)32-30-35)47(57)53-44-48(58)55-45(50(59)61-46(36-19-9-4-10-20-36)37-21-11-5-12-22-37)38(34-64-49(44)55)33-63(40-23-13-6-14-24-40,41-25-15-7-16-26-41)42-27-17-8-18-28-42/h4-32,43-44,46,49H,33-34H2,1-3H3,(H2-,53,54,56,57,60)/p+1/t43?,44?,49-/m1/s1. The maximum Gasteiger partial charge on any atom is 0.408 e. The molecule has 3 amide bonds. The van der Waals surface area contributed by atoms with E-state index in [0.717, 1.165) is 32.6 Å². The minimum absolute atomic E-state index is 0.0226. The quantitative estimate of drug-likeness (QED) is 0.0605. The smallest absolute Gasteiger partial charge is 0.408 e. The Labute approximate surface area is 378 Å². The highest BCUT2D eigenvalue weighted by Crippen LogP contribution is 2.58. The minimum Gasteiger partial charge on any atom is -0.508 e. The average Bonchev–Trinajstić information content (AvgIpc) is 3.31. The van der Waals surface area contributed by atoms with Crippen LogP contribution in [0.5, 0.6) is 5.75 Å². The molecule has 6 aromatic carbocycles. The van der Waals surface area contributed by atoms with Crippen LogP contribution in [-0.4, -0.2) is 62.8 Å². The van der Waals surface area contributed by atoms with Crippen LogP contribution in [0.2, 0.25) is 0 Å². The van der Waals surface area contributed by atoms with Gasteiger partial charge in [-0.3, -0.25) is 14.5 Å². The van der Waals surface area contributed by atoms with Gasteiger partial charge in [0.25, 0.3) is 5.91 Å². The third-order valence-electron chi connectivity index (χ3n) is 11.1. The van der Waals surface area contributed by atoms with Crippen molar-refractivity contribution in [2.45, 2.75) is 49.9 Å². The monoisotopic (exact) mass is 890 g/mol. The first-order valence-corrected chi connectivity index (χ1v) is 24.1. The number of ether oxygens (including phenoxy) is 2. The van der Waals surface area contributed by atoms with Crippen molar-refractivity contribution in [2.75, 3.05) is 11.9 Å². The van der Waals surface area contributed by atoms with Gasteiger partial charge in [0.05, 0.1) is 6.16 Å². The van der Waals surface area contributed by atoms with E-state index in [-0.39, 0.29) is 11.4 Å². The molecule has 0 saturated carbocycles. The number of esters is 1. The van der Waals surface area contributed by atoms with Crippen molar-refractivity contribution in [3.8, 4) is 5.75 Å². The SMILES string of the molecule is CC(C)(C)OC(=O)NC(C(=O)NC1C(=O)N2C(C(=O)OC(c3ccccc3)c3ccccc3)=C(C[P+](c3ccccc3)(c3ccccc3)c3ccccc3)CS[C@H]12)c1ccc(O)cc1. The van der Waals surface area contributed by atoms with Crippen LogP contribution in [0.3, 0.4) is 0 Å². The fraction of sp³-hybridized carbons (Fsp3) is 0.192. The highest BCUT2D eigenvalue weighted by molar-refractivity contribution is 8.00. The number of fused-ring (bicyclic) bond motifs is 1. The molecule has 0 aromatic heterocycles. The van der Waals surface area contributed by atoms with Crippen LogP contribution in [0, 0.1) is 0 Å². The van der Waals surface area contributed by atoms with Gasteiger partial charge in [0.2, 0.25) is 5.91 Å². The summed E-state index contributed by atoms with van der Waals surface area (Å²) < 4.78 is 12.1. The summed E-state index contributed by atoms with van der Waals surface area (Å²) in [4.78, 5) is 58.7. The van der Waals surface area contributed by atoms with Crippen molar-refractivity contribution in [1.82, 2.24) is 15.5 Å². The number of carbonyl (C=O) groups excluding carboxylic acids is 4. The zero-order valence-corrected chi connectivity index (χ0v) is 37.4. The van der Waals surface area contributed by atoms with E-state index in [0.29, 0.717) is 17.5 Å². The van der Waals surface area contributed by atoms with Gasteiger partial charge >= 0.3 is 12.1 Å². The first-order chi connectivity index (χ1) is 30.9. The van der Waals surface area contributed by atoms with Gasteiger partial charge < -0.3 is 25.2 Å². The number of thioether (sulfide) groups is 1. The van der Waals surface area contributed by atoms with Gasteiger partial charge in [0, 0.05) is 11.3 Å². The molecule has 1 fully saturated rings. The maximum atomic E-state index is 15.2. The second-order valence-electron chi connectivity index (χ2n) is 16.6. The predicted octanol–water partition coefficient (Wildman–Crippen LogP) is 7.94. The molecule has 0 aliphatic carbocycles. The molecule has 3 N–H and O–H groups in total. The number of nitrogens with zero attached hydrogens (tertiary/aromatic N) is 1. The molecule has 10 nitrogen and oxygen atoms in total. The molecule has 6 aromatic rings. The molecule has 1 saturated heterocycles. The van der Waals surface area contributed by atoms with E-state index in [1.54, 1.807) is 20.8 Å². The highest BCUT2D eigenvalue weighted by atomic mass is 32.2. The Bertz CT molecular complexity index is 2490. The first kappa shape index (κ1) is 43.9. The summed E-state index contributed by atoms with van der Waals surface area (Å²) in [5.74, 6) is -1.47. The number of carbonyl (C=O) groups is 4. The second kappa shape index (κ2) is 19.0. The van der Waals surface area contributed by atoms with Crippen LogP contribution in [0.1, 0.15) is 49.6 Å². The minimum atomic E-state index is -2.56. The molecule has 0 spiro atoms. The third kappa shape index (κ3) is 9.32. The summed E-state index contributed by atoms with van der Waals surface area (Å²) >= 11 is 1.46. The Kier molecular flexibility index (Phi) is 13.0. The fourth-order valence-corrected chi connectivity index (χ4v) is 14.0. The summed E-state index contributed by atoms with van der Waals surface area (Å²) in [6, 6.07) is 53.6. The topological polar surface area (TPSA) is 134 Å². The van der Waals surface area contributed by atoms with E-state index in [2.05, 4.69) is 47.0 Å². The highest BCUT2D eigenvalue weighted by Gasteiger charge is 2.57. The molecule has 64 heavy (non-hydrogen) atoms. The Morgan fingerprint density at radius 1 is 0.703 bits per heavy atom. The molecule has 2 aliphatic heterocycles. The number of hydrogen-bond acceptors (Lipinski definition) is 8. The molecule has 3 atom stereocenters. The number of aromatic hydroxyl groups is 1. The molecule has 8 rings (SSSR count). The number of β-lactam (4-membered cyclic amide) rings is 1. The number of alkyl carbamates (subject to hydrolysis) is 1. The van der Waals surface area contributed by atoms with Gasteiger partial charge in [-0.15, -0.1) is 11.8 Å².